The van der Waals surface area contributed by atoms with E-state index in [2.05, 4.69) is 5.32 Å². The molecule has 1 aliphatic rings. The van der Waals surface area contributed by atoms with E-state index in [1.165, 1.54) is 0 Å². The third-order valence-electron chi connectivity index (χ3n) is 2.13. The molecule has 1 saturated heterocycles. The number of aliphatic carboxylic acids is 1. The predicted molar refractivity (Wildman–Crippen MR) is 55.7 cm³/mol. The highest BCUT2D eigenvalue weighted by Gasteiger charge is 2.25. The highest BCUT2D eigenvalue weighted by molar-refractivity contribution is 5.85. The lowest BCUT2D eigenvalue weighted by Crippen LogP contribution is -2.45. The zero-order valence-electron chi connectivity index (χ0n) is 7.23. The Labute approximate surface area is 90.1 Å². The number of carbonyl (C=O) groups is 1. The second-order valence-corrected chi connectivity index (χ2v) is 2.97. The van der Waals surface area contributed by atoms with Crippen LogP contribution in [0.25, 0.3) is 0 Å². The Kier molecular flexibility index (Phi) is 8.77. The molecule has 4 nitrogen and oxygen atoms in total. The number of hydrogen-bond acceptors (Lipinski definition) is 3. The van der Waals surface area contributed by atoms with Crippen LogP contribution in [0.5, 0.6) is 0 Å². The lowest BCUT2D eigenvalue weighted by Gasteiger charge is -2.25. The molecule has 0 aromatic carbocycles. The molecule has 0 aromatic heterocycles. The molecule has 1 heterocycles. The first-order valence-corrected chi connectivity index (χ1v) is 3.91. The molecular weight excluding hydrogens is 215 g/mol. The number of piperidine rings is 1. The molecule has 0 aliphatic carbocycles. The van der Waals surface area contributed by atoms with Gasteiger partial charge in [-0.1, -0.05) is 0 Å². The molecular formula is C7H16Cl2N2O2. The van der Waals surface area contributed by atoms with Gasteiger partial charge in [-0.2, -0.15) is 0 Å². The predicted octanol–water partition coefficient (Wildman–Crippen LogP) is 0.241. The standard InChI is InChI=1S/C7H14N2O2.2ClH/c8-6(7(10)11)5-2-1-3-9-4-5;;/h5-6,9H,1-4,8H2,(H,10,11);2*1H. The summed E-state index contributed by atoms with van der Waals surface area (Å²) in [6, 6.07) is -0.692. The summed E-state index contributed by atoms with van der Waals surface area (Å²) in [7, 11) is 0. The molecule has 0 bridgehead atoms. The Morgan fingerprint density at radius 2 is 2.15 bits per heavy atom. The molecule has 0 aromatic rings. The molecule has 2 unspecified atom stereocenters. The molecule has 1 aliphatic heterocycles. The maximum Gasteiger partial charge on any atom is 0.320 e. The molecule has 0 saturated carbocycles. The number of halogens is 2. The topological polar surface area (TPSA) is 75.4 Å². The zero-order chi connectivity index (χ0) is 8.27. The summed E-state index contributed by atoms with van der Waals surface area (Å²) >= 11 is 0. The molecule has 1 rings (SSSR count). The highest BCUT2D eigenvalue weighted by Crippen LogP contribution is 2.12. The normalized spacial score (nSPS) is 23.6. The molecule has 13 heavy (non-hydrogen) atoms. The number of rotatable bonds is 2. The summed E-state index contributed by atoms with van der Waals surface area (Å²) in [5.74, 6) is -0.778. The maximum absolute atomic E-state index is 10.4. The van der Waals surface area contributed by atoms with Crippen LogP contribution in [0.4, 0.5) is 0 Å². The minimum Gasteiger partial charge on any atom is -0.480 e. The first-order chi connectivity index (χ1) is 5.22. The van der Waals surface area contributed by atoms with Gasteiger partial charge >= 0.3 is 5.97 Å². The van der Waals surface area contributed by atoms with E-state index in [9.17, 15) is 4.79 Å². The SMILES string of the molecule is Cl.Cl.NC(C(=O)O)C1CCCNC1. The lowest BCUT2D eigenvalue weighted by molar-refractivity contribution is -0.140. The fourth-order valence-corrected chi connectivity index (χ4v) is 1.39. The molecule has 0 radical (unpaired) electrons. The van der Waals surface area contributed by atoms with Crippen LogP contribution in [0, 0.1) is 5.92 Å². The van der Waals surface area contributed by atoms with E-state index in [4.69, 9.17) is 10.8 Å². The Morgan fingerprint density at radius 1 is 1.54 bits per heavy atom. The van der Waals surface area contributed by atoms with Crippen molar-refractivity contribution in [1.82, 2.24) is 5.32 Å². The van der Waals surface area contributed by atoms with E-state index in [1.807, 2.05) is 0 Å². The third-order valence-corrected chi connectivity index (χ3v) is 2.13. The number of nitrogens with two attached hydrogens (primary N) is 1. The van der Waals surface area contributed by atoms with Gasteiger partial charge in [0.05, 0.1) is 0 Å². The second-order valence-electron chi connectivity index (χ2n) is 2.97. The zero-order valence-corrected chi connectivity index (χ0v) is 8.87. The van der Waals surface area contributed by atoms with Gasteiger partial charge in [0.1, 0.15) is 6.04 Å². The largest absolute Gasteiger partial charge is 0.480 e. The maximum atomic E-state index is 10.4. The number of carboxylic acids is 1. The van der Waals surface area contributed by atoms with Gasteiger partial charge in [0, 0.05) is 6.54 Å². The first kappa shape index (κ1) is 15.4. The van der Waals surface area contributed by atoms with Crippen LogP contribution in [0.3, 0.4) is 0 Å². The van der Waals surface area contributed by atoms with E-state index >= 15 is 0 Å². The molecule has 4 N–H and O–H groups in total. The van der Waals surface area contributed by atoms with Gasteiger partial charge in [-0.25, -0.2) is 0 Å². The summed E-state index contributed by atoms with van der Waals surface area (Å²) in [6.45, 7) is 1.73. The van der Waals surface area contributed by atoms with Crippen molar-refractivity contribution in [3.05, 3.63) is 0 Å². The van der Waals surface area contributed by atoms with Crippen LogP contribution in [0.2, 0.25) is 0 Å². The van der Waals surface area contributed by atoms with Crippen LogP contribution < -0.4 is 11.1 Å². The van der Waals surface area contributed by atoms with Gasteiger partial charge in [0.15, 0.2) is 0 Å². The summed E-state index contributed by atoms with van der Waals surface area (Å²) < 4.78 is 0. The fourth-order valence-electron chi connectivity index (χ4n) is 1.39. The van der Waals surface area contributed by atoms with Crippen molar-refractivity contribution in [2.75, 3.05) is 13.1 Å². The monoisotopic (exact) mass is 230 g/mol. The van der Waals surface area contributed by atoms with Gasteiger partial charge in [-0.3, -0.25) is 4.79 Å². The third kappa shape index (κ3) is 4.67. The van der Waals surface area contributed by atoms with Crippen molar-refractivity contribution >= 4 is 30.8 Å². The minimum atomic E-state index is -0.890. The Morgan fingerprint density at radius 3 is 2.54 bits per heavy atom. The van der Waals surface area contributed by atoms with Crippen molar-refractivity contribution < 1.29 is 9.90 Å². The molecule has 80 valence electrons. The van der Waals surface area contributed by atoms with E-state index in [-0.39, 0.29) is 30.7 Å². The van der Waals surface area contributed by atoms with Gasteiger partial charge in [-0.15, -0.1) is 24.8 Å². The summed E-state index contributed by atoms with van der Waals surface area (Å²) in [6.07, 6.45) is 1.96. The molecule has 0 amide bonds. The van der Waals surface area contributed by atoms with Gasteiger partial charge in [0.2, 0.25) is 0 Å². The van der Waals surface area contributed by atoms with Crippen LogP contribution in [0.1, 0.15) is 12.8 Å². The Hall–Kier alpha value is -0.0300. The van der Waals surface area contributed by atoms with Crippen LogP contribution >= 0.6 is 24.8 Å². The van der Waals surface area contributed by atoms with Crippen molar-refractivity contribution in [2.24, 2.45) is 11.7 Å². The van der Waals surface area contributed by atoms with E-state index in [0.717, 1.165) is 25.9 Å². The van der Waals surface area contributed by atoms with Crippen molar-refractivity contribution in [3.8, 4) is 0 Å². The van der Waals surface area contributed by atoms with Crippen LogP contribution in [0.15, 0.2) is 0 Å². The number of hydrogen-bond donors (Lipinski definition) is 3. The van der Waals surface area contributed by atoms with E-state index in [1.54, 1.807) is 0 Å². The van der Waals surface area contributed by atoms with E-state index < -0.39 is 12.0 Å². The Bertz CT molecular complexity index is 151. The average molecular weight is 231 g/mol. The summed E-state index contributed by atoms with van der Waals surface area (Å²) in [5, 5.41) is 11.7. The van der Waals surface area contributed by atoms with Gasteiger partial charge < -0.3 is 16.2 Å². The first-order valence-electron chi connectivity index (χ1n) is 3.91. The fraction of sp³-hybridized carbons (Fsp3) is 0.857. The van der Waals surface area contributed by atoms with Gasteiger partial charge in [0.25, 0.3) is 0 Å². The van der Waals surface area contributed by atoms with Crippen LogP contribution in [-0.4, -0.2) is 30.2 Å². The van der Waals surface area contributed by atoms with Gasteiger partial charge in [-0.05, 0) is 25.3 Å². The van der Waals surface area contributed by atoms with Crippen molar-refractivity contribution in [2.45, 2.75) is 18.9 Å². The molecule has 0 spiro atoms. The smallest absolute Gasteiger partial charge is 0.320 e. The highest BCUT2D eigenvalue weighted by atomic mass is 35.5. The summed E-state index contributed by atoms with van der Waals surface area (Å²) in [5.41, 5.74) is 5.45. The van der Waals surface area contributed by atoms with Crippen molar-refractivity contribution in [3.63, 3.8) is 0 Å². The van der Waals surface area contributed by atoms with Crippen molar-refractivity contribution in [1.29, 1.82) is 0 Å². The molecule has 6 heteroatoms. The minimum absolute atomic E-state index is 0. The number of nitrogens with one attached hydrogen (secondary N) is 1. The number of carboxylic acid groups (broad SMARTS) is 1. The van der Waals surface area contributed by atoms with Crippen LogP contribution in [-0.2, 0) is 4.79 Å². The Balaban J connectivity index is 0. The second kappa shape index (κ2) is 7.38. The average Bonchev–Trinajstić information content (AvgIpc) is 2.05. The summed E-state index contributed by atoms with van der Waals surface area (Å²) in [4.78, 5) is 10.4. The quantitative estimate of drug-likeness (QED) is 0.636. The lowest BCUT2D eigenvalue weighted by atomic mass is 9.92. The molecule has 2 atom stereocenters. The van der Waals surface area contributed by atoms with E-state index in [0.29, 0.717) is 0 Å². The molecule has 1 fully saturated rings.